The van der Waals surface area contributed by atoms with E-state index in [1.807, 2.05) is 18.2 Å². The second-order valence-electron chi connectivity index (χ2n) is 6.79. The maximum atomic E-state index is 11.9. The van der Waals surface area contributed by atoms with E-state index < -0.39 is 6.61 Å². The SMILES string of the molecule is CN(C(=O)CO)[C@H]1CCc2c(-c3noc(-c4ccc(O)c(N)c4)n3)cccc21. The molecular weight excluding hydrogens is 360 g/mol. The Kier molecular flexibility index (Phi) is 4.48. The van der Waals surface area contributed by atoms with Crippen LogP contribution in [0.15, 0.2) is 40.9 Å². The number of aliphatic hydroxyl groups is 1. The number of aliphatic hydroxyl groups excluding tert-OH is 1. The summed E-state index contributed by atoms with van der Waals surface area (Å²) in [6.07, 6.45) is 1.54. The average molecular weight is 380 g/mol. The van der Waals surface area contributed by atoms with Crippen molar-refractivity contribution in [1.82, 2.24) is 15.0 Å². The number of amides is 1. The van der Waals surface area contributed by atoms with E-state index in [2.05, 4.69) is 10.1 Å². The lowest BCUT2D eigenvalue weighted by molar-refractivity contribution is -0.135. The van der Waals surface area contributed by atoms with Gasteiger partial charge in [-0.15, -0.1) is 0 Å². The normalized spacial score (nSPS) is 15.4. The molecule has 1 aliphatic carbocycles. The Morgan fingerprint density at radius 3 is 2.93 bits per heavy atom. The zero-order valence-electron chi connectivity index (χ0n) is 15.3. The number of nitrogens with two attached hydrogens (primary N) is 1. The minimum atomic E-state index is -0.508. The second-order valence-corrected chi connectivity index (χ2v) is 6.79. The number of likely N-dealkylation sites (N-methyl/N-ethyl adjacent to an activating group) is 1. The molecule has 1 atom stereocenters. The Hall–Kier alpha value is -3.39. The van der Waals surface area contributed by atoms with Crippen LogP contribution in [0, 0.1) is 0 Å². The van der Waals surface area contributed by atoms with Gasteiger partial charge in [0.2, 0.25) is 11.7 Å². The molecule has 0 saturated carbocycles. The summed E-state index contributed by atoms with van der Waals surface area (Å²) in [7, 11) is 1.70. The van der Waals surface area contributed by atoms with E-state index >= 15 is 0 Å². The van der Waals surface area contributed by atoms with E-state index in [1.165, 1.54) is 6.07 Å². The van der Waals surface area contributed by atoms with E-state index in [-0.39, 0.29) is 23.4 Å². The molecule has 0 bridgehead atoms. The largest absolute Gasteiger partial charge is 0.506 e. The number of carbonyl (C=O) groups excluding carboxylic acids is 1. The molecule has 4 rings (SSSR count). The highest BCUT2D eigenvalue weighted by atomic mass is 16.5. The summed E-state index contributed by atoms with van der Waals surface area (Å²) in [5.74, 6) is 0.448. The third-order valence-electron chi connectivity index (χ3n) is 5.18. The van der Waals surface area contributed by atoms with E-state index in [0.717, 1.165) is 29.5 Å². The van der Waals surface area contributed by atoms with Gasteiger partial charge in [-0.25, -0.2) is 0 Å². The van der Waals surface area contributed by atoms with Crippen LogP contribution in [0.3, 0.4) is 0 Å². The fourth-order valence-corrected chi connectivity index (χ4v) is 3.67. The summed E-state index contributed by atoms with van der Waals surface area (Å²) >= 11 is 0. The van der Waals surface area contributed by atoms with Gasteiger partial charge in [0.25, 0.3) is 5.89 Å². The van der Waals surface area contributed by atoms with Crippen LogP contribution in [0.1, 0.15) is 23.6 Å². The van der Waals surface area contributed by atoms with Crippen molar-refractivity contribution in [1.29, 1.82) is 0 Å². The highest BCUT2D eigenvalue weighted by Crippen LogP contribution is 2.40. The van der Waals surface area contributed by atoms with Crippen LogP contribution in [0.25, 0.3) is 22.8 Å². The first-order valence-corrected chi connectivity index (χ1v) is 8.91. The number of rotatable bonds is 4. The maximum absolute atomic E-state index is 11.9. The molecule has 0 aliphatic heterocycles. The summed E-state index contributed by atoms with van der Waals surface area (Å²) < 4.78 is 5.39. The summed E-state index contributed by atoms with van der Waals surface area (Å²) in [4.78, 5) is 17.9. The Bertz CT molecular complexity index is 1050. The molecule has 1 heterocycles. The molecule has 144 valence electrons. The fourth-order valence-electron chi connectivity index (χ4n) is 3.67. The molecule has 3 aromatic rings. The van der Waals surface area contributed by atoms with Crippen LogP contribution < -0.4 is 5.73 Å². The lowest BCUT2D eigenvalue weighted by Gasteiger charge is -2.24. The summed E-state index contributed by atoms with van der Waals surface area (Å²) in [6.45, 7) is -0.508. The molecule has 0 saturated heterocycles. The van der Waals surface area contributed by atoms with Crippen molar-refractivity contribution in [2.75, 3.05) is 19.4 Å². The first kappa shape index (κ1) is 18.0. The van der Waals surface area contributed by atoms with E-state index in [1.54, 1.807) is 24.1 Å². The van der Waals surface area contributed by atoms with Crippen molar-refractivity contribution < 1.29 is 19.5 Å². The maximum Gasteiger partial charge on any atom is 0.258 e. The summed E-state index contributed by atoms with van der Waals surface area (Å²) in [6, 6.07) is 10.4. The molecule has 4 N–H and O–H groups in total. The number of phenolic OH excluding ortho intramolecular Hbond substituents is 1. The van der Waals surface area contributed by atoms with Crippen molar-refractivity contribution in [3.8, 4) is 28.6 Å². The highest BCUT2D eigenvalue weighted by molar-refractivity contribution is 5.78. The highest BCUT2D eigenvalue weighted by Gasteiger charge is 2.31. The molecule has 0 spiro atoms. The summed E-state index contributed by atoms with van der Waals surface area (Å²) in [5, 5.41) is 22.8. The van der Waals surface area contributed by atoms with Crippen molar-refractivity contribution in [3.05, 3.63) is 47.5 Å². The van der Waals surface area contributed by atoms with Gasteiger partial charge in [-0.2, -0.15) is 4.98 Å². The molecule has 8 heteroatoms. The average Bonchev–Trinajstić information content (AvgIpc) is 3.36. The number of fused-ring (bicyclic) bond motifs is 1. The predicted octanol–water partition coefficient (Wildman–Crippen LogP) is 2.13. The van der Waals surface area contributed by atoms with Gasteiger partial charge in [0.05, 0.1) is 11.7 Å². The Balaban J connectivity index is 1.69. The van der Waals surface area contributed by atoms with Gasteiger partial charge < -0.3 is 25.4 Å². The number of carbonyl (C=O) groups is 1. The monoisotopic (exact) mass is 380 g/mol. The third kappa shape index (κ3) is 2.97. The standard InChI is InChI=1S/C20H20N4O4/c1-24(18(27)10-25)16-7-6-12-13(16)3-2-4-14(12)19-22-20(28-23-19)11-5-8-17(26)15(21)9-11/h2-5,8-9,16,25-26H,6-7,10,21H2,1H3/t16-/m0/s1. The number of anilines is 1. The molecule has 28 heavy (non-hydrogen) atoms. The minimum Gasteiger partial charge on any atom is -0.506 e. The molecule has 1 aromatic heterocycles. The van der Waals surface area contributed by atoms with Gasteiger partial charge in [-0.3, -0.25) is 4.79 Å². The Morgan fingerprint density at radius 2 is 2.18 bits per heavy atom. The lowest BCUT2D eigenvalue weighted by atomic mass is 10.0. The number of nitrogen functional groups attached to an aromatic ring is 1. The number of aromatic hydroxyl groups is 1. The molecule has 0 radical (unpaired) electrons. The van der Waals surface area contributed by atoms with Gasteiger partial charge in [0, 0.05) is 18.2 Å². The fraction of sp³-hybridized carbons (Fsp3) is 0.250. The zero-order chi connectivity index (χ0) is 19.8. The van der Waals surface area contributed by atoms with Gasteiger partial charge in [0.15, 0.2) is 0 Å². The van der Waals surface area contributed by atoms with E-state index in [0.29, 0.717) is 17.3 Å². The van der Waals surface area contributed by atoms with Crippen LogP contribution in [-0.2, 0) is 11.2 Å². The Labute approximate surface area is 161 Å². The zero-order valence-corrected chi connectivity index (χ0v) is 15.3. The van der Waals surface area contributed by atoms with Gasteiger partial charge in [0.1, 0.15) is 12.4 Å². The van der Waals surface area contributed by atoms with Gasteiger partial charge >= 0.3 is 0 Å². The number of nitrogens with zero attached hydrogens (tertiary/aromatic N) is 3. The van der Waals surface area contributed by atoms with Crippen molar-refractivity contribution >= 4 is 11.6 Å². The molecule has 1 aliphatic rings. The topological polar surface area (TPSA) is 126 Å². The smallest absolute Gasteiger partial charge is 0.258 e. The van der Waals surface area contributed by atoms with Crippen LogP contribution in [0.2, 0.25) is 0 Å². The molecule has 2 aromatic carbocycles. The number of hydrogen-bond donors (Lipinski definition) is 3. The molecular formula is C20H20N4O4. The number of hydrogen-bond acceptors (Lipinski definition) is 7. The van der Waals surface area contributed by atoms with Crippen LogP contribution >= 0.6 is 0 Å². The van der Waals surface area contributed by atoms with E-state index in [9.17, 15) is 9.90 Å². The first-order valence-electron chi connectivity index (χ1n) is 8.91. The van der Waals surface area contributed by atoms with Gasteiger partial charge in [-0.1, -0.05) is 23.4 Å². The van der Waals surface area contributed by atoms with Crippen LogP contribution in [-0.4, -0.2) is 44.8 Å². The van der Waals surface area contributed by atoms with Crippen LogP contribution in [0.4, 0.5) is 5.69 Å². The molecule has 0 fully saturated rings. The predicted molar refractivity (Wildman–Crippen MR) is 102 cm³/mol. The number of phenols is 1. The van der Waals surface area contributed by atoms with Crippen molar-refractivity contribution in [2.24, 2.45) is 0 Å². The molecule has 8 nitrogen and oxygen atoms in total. The van der Waals surface area contributed by atoms with Crippen LogP contribution in [0.5, 0.6) is 5.75 Å². The number of aromatic nitrogens is 2. The lowest BCUT2D eigenvalue weighted by Crippen LogP contribution is -2.32. The summed E-state index contributed by atoms with van der Waals surface area (Å²) in [5.41, 5.74) is 9.55. The van der Waals surface area contributed by atoms with Crippen molar-refractivity contribution in [2.45, 2.75) is 18.9 Å². The first-order chi connectivity index (χ1) is 13.5. The minimum absolute atomic E-state index is 0.00282. The van der Waals surface area contributed by atoms with Gasteiger partial charge in [-0.05, 0) is 42.2 Å². The second kappa shape index (κ2) is 6.97. The third-order valence-corrected chi connectivity index (χ3v) is 5.18. The Morgan fingerprint density at radius 1 is 1.36 bits per heavy atom. The van der Waals surface area contributed by atoms with E-state index in [4.69, 9.17) is 15.4 Å². The molecule has 0 unspecified atom stereocenters. The quantitative estimate of drug-likeness (QED) is 0.467. The number of benzene rings is 2. The van der Waals surface area contributed by atoms with Crippen molar-refractivity contribution in [3.63, 3.8) is 0 Å². The molecule has 1 amide bonds.